The van der Waals surface area contributed by atoms with E-state index in [2.05, 4.69) is 10.2 Å². The first kappa shape index (κ1) is 15.5. The number of hydrogen-bond acceptors (Lipinski definition) is 7. The van der Waals surface area contributed by atoms with E-state index in [0.717, 1.165) is 17.7 Å². The standard InChI is InChI=1S/C12H17N5O3S/c1-3-4-16-9(6-13)14-15-12(16)21-7-11(19)17-10(18)5-8(2)20-17/h5H,3-4,6-7,13H2,1-2H3. The van der Waals surface area contributed by atoms with Gasteiger partial charge in [0.15, 0.2) is 5.16 Å². The summed E-state index contributed by atoms with van der Waals surface area (Å²) in [7, 11) is 0. The zero-order chi connectivity index (χ0) is 15.4. The van der Waals surface area contributed by atoms with E-state index in [0.29, 0.717) is 23.3 Å². The van der Waals surface area contributed by atoms with Crippen LogP contribution in [-0.4, -0.2) is 31.2 Å². The predicted octanol–water partition coefficient (Wildman–Crippen LogP) is 0.642. The fraction of sp³-hybridized carbons (Fsp3) is 0.500. The first-order valence-corrected chi connectivity index (χ1v) is 7.53. The second kappa shape index (κ2) is 6.72. The van der Waals surface area contributed by atoms with Crippen molar-refractivity contribution in [1.29, 1.82) is 0 Å². The zero-order valence-electron chi connectivity index (χ0n) is 11.9. The number of thioether (sulfide) groups is 1. The highest BCUT2D eigenvalue weighted by molar-refractivity contribution is 7.99. The largest absolute Gasteiger partial charge is 0.373 e. The second-order valence-electron chi connectivity index (χ2n) is 4.42. The van der Waals surface area contributed by atoms with Gasteiger partial charge in [0.25, 0.3) is 11.5 Å². The predicted molar refractivity (Wildman–Crippen MR) is 77.3 cm³/mol. The summed E-state index contributed by atoms with van der Waals surface area (Å²) in [6, 6.07) is 1.27. The summed E-state index contributed by atoms with van der Waals surface area (Å²) >= 11 is 1.21. The Kier molecular flexibility index (Phi) is 4.97. The molecule has 0 aliphatic carbocycles. The molecule has 114 valence electrons. The van der Waals surface area contributed by atoms with Crippen molar-refractivity contribution in [2.75, 3.05) is 5.75 Å². The van der Waals surface area contributed by atoms with Crippen molar-refractivity contribution in [3.63, 3.8) is 0 Å². The molecule has 0 saturated carbocycles. The average Bonchev–Trinajstić information content (AvgIpc) is 2.99. The van der Waals surface area contributed by atoms with Gasteiger partial charge < -0.3 is 14.8 Å². The van der Waals surface area contributed by atoms with E-state index < -0.39 is 11.5 Å². The van der Waals surface area contributed by atoms with Crippen LogP contribution in [0.4, 0.5) is 0 Å². The minimum Gasteiger partial charge on any atom is -0.373 e. The van der Waals surface area contributed by atoms with Crippen LogP contribution in [0.25, 0.3) is 0 Å². The molecule has 0 aliphatic rings. The summed E-state index contributed by atoms with van der Waals surface area (Å²) in [6.07, 6.45) is 0.906. The molecule has 2 aromatic rings. The van der Waals surface area contributed by atoms with Crippen molar-refractivity contribution >= 4 is 17.7 Å². The number of nitrogens with zero attached hydrogens (tertiary/aromatic N) is 4. The van der Waals surface area contributed by atoms with Crippen LogP contribution in [0.1, 0.15) is 29.7 Å². The molecule has 21 heavy (non-hydrogen) atoms. The van der Waals surface area contributed by atoms with Gasteiger partial charge in [-0.05, 0) is 13.3 Å². The second-order valence-corrected chi connectivity index (χ2v) is 5.36. The molecule has 0 aromatic carbocycles. The van der Waals surface area contributed by atoms with E-state index in [4.69, 9.17) is 10.3 Å². The molecule has 0 spiro atoms. The van der Waals surface area contributed by atoms with Crippen LogP contribution >= 0.6 is 11.8 Å². The molecule has 0 atom stereocenters. The van der Waals surface area contributed by atoms with Crippen LogP contribution in [0.15, 0.2) is 20.5 Å². The molecule has 2 rings (SSSR count). The monoisotopic (exact) mass is 311 g/mol. The number of hydrogen-bond donors (Lipinski definition) is 1. The van der Waals surface area contributed by atoms with Crippen LogP contribution in [0.2, 0.25) is 0 Å². The topological polar surface area (TPSA) is 109 Å². The van der Waals surface area contributed by atoms with Crippen molar-refractivity contribution in [3.8, 4) is 0 Å². The molecule has 0 amide bonds. The lowest BCUT2D eigenvalue weighted by atomic mass is 10.4. The Morgan fingerprint density at radius 1 is 1.48 bits per heavy atom. The van der Waals surface area contributed by atoms with Gasteiger partial charge in [0.1, 0.15) is 11.6 Å². The van der Waals surface area contributed by atoms with E-state index in [1.54, 1.807) is 6.92 Å². The maximum atomic E-state index is 12.0. The molecule has 9 heteroatoms. The molecule has 2 N–H and O–H groups in total. The number of aromatic nitrogens is 4. The summed E-state index contributed by atoms with van der Waals surface area (Å²) in [5, 5.41) is 8.63. The van der Waals surface area contributed by atoms with Crippen LogP contribution in [0.3, 0.4) is 0 Å². The van der Waals surface area contributed by atoms with E-state index >= 15 is 0 Å². The van der Waals surface area contributed by atoms with Gasteiger partial charge in [-0.2, -0.15) is 0 Å². The average molecular weight is 311 g/mol. The summed E-state index contributed by atoms with van der Waals surface area (Å²) < 4.78 is 7.69. The molecule has 0 radical (unpaired) electrons. The summed E-state index contributed by atoms with van der Waals surface area (Å²) in [5.74, 6) is 0.688. The Hall–Kier alpha value is -1.87. The van der Waals surface area contributed by atoms with Gasteiger partial charge in [0, 0.05) is 12.6 Å². The lowest BCUT2D eigenvalue weighted by Gasteiger charge is -2.06. The first-order chi connectivity index (χ1) is 10.1. The van der Waals surface area contributed by atoms with Gasteiger partial charge in [-0.25, -0.2) is 0 Å². The fourth-order valence-electron chi connectivity index (χ4n) is 1.83. The summed E-state index contributed by atoms with van der Waals surface area (Å²) in [6.45, 7) is 4.67. The maximum Gasteiger partial charge on any atom is 0.290 e. The highest BCUT2D eigenvalue weighted by Gasteiger charge is 2.16. The van der Waals surface area contributed by atoms with Crippen LogP contribution < -0.4 is 11.3 Å². The van der Waals surface area contributed by atoms with Crippen molar-refractivity contribution in [2.45, 2.75) is 38.5 Å². The van der Waals surface area contributed by atoms with Crippen LogP contribution in [0.5, 0.6) is 0 Å². The van der Waals surface area contributed by atoms with Crippen molar-refractivity contribution in [3.05, 3.63) is 28.0 Å². The molecule has 0 aliphatic heterocycles. The lowest BCUT2D eigenvalue weighted by molar-refractivity contribution is 0.0813. The Labute approximate surface area is 125 Å². The molecule has 8 nitrogen and oxygen atoms in total. The van der Waals surface area contributed by atoms with E-state index in [1.807, 2.05) is 11.5 Å². The van der Waals surface area contributed by atoms with Gasteiger partial charge in [-0.15, -0.1) is 14.9 Å². The Morgan fingerprint density at radius 3 is 2.81 bits per heavy atom. The summed E-state index contributed by atoms with van der Waals surface area (Å²) in [4.78, 5) is 23.5. The van der Waals surface area contributed by atoms with E-state index in [-0.39, 0.29) is 5.75 Å². The first-order valence-electron chi connectivity index (χ1n) is 6.55. The normalized spacial score (nSPS) is 11.0. The SMILES string of the molecule is CCCn1c(CN)nnc1SCC(=O)n1oc(C)cc1=O. The maximum absolute atomic E-state index is 12.0. The van der Waals surface area contributed by atoms with Crippen LogP contribution in [0, 0.1) is 6.92 Å². The van der Waals surface area contributed by atoms with Gasteiger partial charge in [-0.3, -0.25) is 9.59 Å². The number of aryl methyl sites for hydroxylation is 1. The van der Waals surface area contributed by atoms with E-state index in [1.165, 1.54) is 17.8 Å². The molecule has 0 saturated heterocycles. The molecule has 2 aromatic heterocycles. The number of rotatable bonds is 6. The highest BCUT2D eigenvalue weighted by Crippen LogP contribution is 2.17. The third kappa shape index (κ3) is 3.42. The molecule has 0 unspecified atom stereocenters. The third-order valence-corrected chi connectivity index (χ3v) is 3.69. The van der Waals surface area contributed by atoms with Crippen molar-refractivity contribution in [2.24, 2.45) is 5.73 Å². The smallest absolute Gasteiger partial charge is 0.290 e. The number of carbonyl (C=O) groups is 1. The fourth-order valence-corrected chi connectivity index (χ4v) is 2.65. The molecule has 0 bridgehead atoms. The summed E-state index contributed by atoms with van der Waals surface area (Å²) in [5.41, 5.74) is 5.14. The molecular weight excluding hydrogens is 294 g/mol. The van der Waals surface area contributed by atoms with Crippen molar-refractivity contribution < 1.29 is 9.32 Å². The molecule has 2 heterocycles. The lowest BCUT2D eigenvalue weighted by Crippen LogP contribution is -2.23. The molecular formula is C12H17N5O3S. The van der Waals surface area contributed by atoms with Crippen molar-refractivity contribution in [1.82, 2.24) is 19.5 Å². The third-order valence-electron chi connectivity index (χ3n) is 2.74. The van der Waals surface area contributed by atoms with Gasteiger partial charge in [-0.1, -0.05) is 18.7 Å². The minimum absolute atomic E-state index is 0.0410. The minimum atomic E-state index is -0.462. The van der Waals surface area contributed by atoms with Gasteiger partial charge in [0.2, 0.25) is 0 Å². The zero-order valence-corrected chi connectivity index (χ0v) is 12.7. The molecule has 0 fully saturated rings. The van der Waals surface area contributed by atoms with E-state index in [9.17, 15) is 9.59 Å². The van der Waals surface area contributed by atoms with Gasteiger partial charge in [0.05, 0.1) is 12.3 Å². The number of nitrogens with two attached hydrogens (primary N) is 1. The highest BCUT2D eigenvalue weighted by atomic mass is 32.2. The Bertz CT molecular complexity index is 687. The van der Waals surface area contributed by atoms with Crippen LogP contribution in [-0.2, 0) is 13.1 Å². The number of carbonyl (C=O) groups excluding carboxylic acids is 1. The quantitative estimate of drug-likeness (QED) is 0.780. The Morgan fingerprint density at radius 2 is 2.24 bits per heavy atom. The van der Waals surface area contributed by atoms with Gasteiger partial charge >= 0.3 is 0 Å². The Balaban J connectivity index is 2.09.